The first-order valence-electron chi connectivity index (χ1n) is 6.54. The minimum absolute atomic E-state index is 0.440. The smallest absolute Gasteiger partial charge is 0.0834 e. The van der Waals surface area contributed by atoms with Crippen molar-refractivity contribution >= 4 is 35.8 Å². The SMILES string of the molecule is CCC(C)(C)CCCNc1c(N(C)C)c(=S)c1=S. The Hall–Kier alpha value is -0.480. The molecule has 0 radical (unpaired) electrons. The minimum Gasteiger partial charge on any atom is -0.382 e. The molecular formula is C14H24N2S2. The molecule has 1 aromatic carbocycles. The van der Waals surface area contributed by atoms with E-state index in [-0.39, 0.29) is 0 Å². The third-order valence-corrected chi connectivity index (χ3v) is 4.56. The highest BCUT2D eigenvalue weighted by atomic mass is 32.1. The second-order valence-corrected chi connectivity index (χ2v) is 6.64. The van der Waals surface area contributed by atoms with Crippen molar-refractivity contribution in [1.29, 1.82) is 0 Å². The van der Waals surface area contributed by atoms with Gasteiger partial charge in [-0.1, -0.05) is 51.6 Å². The summed E-state index contributed by atoms with van der Waals surface area (Å²) in [5.41, 5.74) is 2.59. The van der Waals surface area contributed by atoms with Gasteiger partial charge in [0.15, 0.2) is 0 Å². The van der Waals surface area contributed by atoms with Gasteiger partial charge in [-0.15, -0.1) is 0 Å². The van der Waals surface area contributed by atoms with Crippen molar-refractivity contribution in [3.8, 4) is 0 Å². The highest BCUT2D eigenvalue weighted by Crippen LogP contribution is 2.34. The summed E-state index contributed by atoms with van der Waals surface area (Å²) < 4.78 is 1.65. The van der Waals surface area contributed by atoms with Gasteiger partial charge in [0.25, 0.3) is 0 Å². The molecule has 0 heterocycles. The van der Waals surface area contributed by atoms with Gasteiger partial charge >= 0.3 is 0 Å². The van der Waals surface area contributed by atoms with E-state index < -0.39 is 0 Å². The summed E-state index contributed by atoms with van der Waals surface area (Å²) in [4.78, 5) is 2.04. The fraction of sp³-hybridized carbons (Fsp3) is 0.714. The maximum atomic E-state index is 5.28. The Balaban J connectivity index is 2.49. The van der Waals surface area contributed by atoms with Gasteiger partial charge in [0, 0.05) is 20.6 Å². The summed E-state index contributed by atoms with van der Waals surface area (Å²) in [5, 5.41) is 3.44. The van der Waals surface area contributed by atoms with Gasteiger partial charge in [-0.3, -0.25) is 0 Å². The first-order valence-corrected chi connectivity index (χ1v) is 7.36. The van der Waals surface area contributed by atoms with Crippen LogP contribution in [-0.4, -0.2) is 20.6 Å². The van der Waals surface area contributed by atoms with E-state index in [9.17, 15) is 0 Å². The number of nitrogens with zero attached hydrogens (tertiary/aromatic N) is 1. The molecule has 1 N–H and O–H groups in total. The van der Waals surface area contributed by atoms with Crippen molar-refractivity contribution in [2.45, 2.75) is 40.0 Å². The van der Waals surface area contributed by atoms with Crippen LogP contribution >= 0.6 is 24.4 Å². The topological polar surface area (TPSA) is 15.3 Å². The molecule has 0 saturated heterocycles. The number of hydrogen-bond acceptors (Lipinski definition) is 4. The molecule has 0 spiro atoms. The van der Waals surface area contributed by atoms with E-state index in [4.69, 9.17) is 24.4 Å². The third kappa shape index (κ3) is 3.51. The first-order chi connectivity index (χ1) is 8.30. The quantitative estimate of drug-likeness (QED) is 0.575. The average molecular weight is 284 g/mol. The lowest BCUT2D eigenvalue weighted by Gasteiger charge is -2.24. The Morgan fingerprint density at radius 1 is 1.17 bits per heavy atom. The molecule has 0 unspecified atom stereocenters. The summed E-state index contributed by atoms with van der Waals surface area (Å²) in [6.45, 7) is 7.86. The van der Waals surface area contributed by atoms with Crippen LogP contribution in [-0.2, 0) is 0 Å². The number of rotatable bonds is 7. The molecule has 2 nitrogen and oxygen atoms in total. The van der Waals surface area contributed by atoms with Gasteiger partial charge in [0.1, 0.15) is 0 Å². The molecule has 18 heavy (non-hydrogen) atoms. The zero-order chi connectivity index (χ0) is 13.9. The van der Waals surface area contributed by atoms with Crippen LogP contribution in [0.3, 0.4) is 0 Å². The van der Waals surface area contributed by atoms with Gasteiger partial charge in [0.05, 0.1) is 20.4 Å². The monoisotopic (exact) mass is 284 g/mol. The van der Waals surface area contributed by atoms with Crippen molar-refractivity contribution in [1.82, 2.24) is 0 Å². The summed E-state index contributed by atoms with van der Waals surface area (Å²) in [7, 11) is 4.01. The highest BCUT2D eigenvalue weighted by molar-refractivity contribution is 7.74. The van der Waals surface area contributed by atoms with E-state index in [0.717, 1.165) is 26.9 Å². The van der Waals surface area contributed by atoms with Gasteiger partial charge in [-0.05, 0) is 18.3 Å². The molecule has 0 atom stereocenters. The lowest BCUT2D eigenvalue weighted by molar-refractivity contribution is 0.316. The largest absolute Gasteiger partial charge is 0.382 e. The van der Waals surface area contributed by atoms with Crippen LogP contribution in [0, 0.1) is 14.4 Å². The summed E-state index contributed by atoms with van der Waals surface area (Å²) in [6.07, 6.45) is 3.62. The van der Waals surface area contributed by atoms with Crippen LogP contribution in [0.15, 0.2) is 0 Å². The average Bonchev–Trinajstić information content (AvgIpc) is 2.31. The molecule has 0 aliphatic heterocycles. The zero-order valence-electron chi connectivity index (χ0n) is 12.1. The van der Waals surface area contributed by atoms with Crippen molar-refractivity contribution in [3.05, 3.63) is 9.02 Å². The predicted octanol–water partition coefficient (Wildman–Crippen LogP) is 4.72. The van der Waals surface area contributed by atoms with Crippen LogP contribution in [0.1, 0.15) is 40.0 Å². The lowest BCUT2D eigenvalue weighted by Crippen LogP contribution is -2.17. The molecule has 1 aromatic rings. The minimum atomic E-state index is 0.440. The van der Waals surface area contributed by atoms with E-state index in [1.165, 1.54) is 19.3 Å². The van der Waals surface area contributed by atoms with Crippen molar-refractivity contribution in [2.24, 2.45) is 5.41 Å². The van der Waals surface area contributed by atoms with Crippen molar-refractivity contribution in [2.75, 3.05) is 30.9 Å². The van der Waals surface area contributed by atoms with E-state index in [1.54, 1.807) is 0 Å². The Morgan fingerprint density at radius 2 is 1.78 bits per heavy atom. The number of hydrogen-bond donors (Lipinski definition) is 1. The Kier molecular flexibility index (Phi) is 5.29. The second-order valence-electron chi connectivity index (χ2n) is 5.82. The second kappa shape index (κ2) is 6.11. The van der Waals surface area contributed by atoms with Crippen LogP contribution < -0.4 is 10.2 Å². The molecule has 0 aromatic heterocycles. The van der Waals surface area contributed by atoms with Gasteiger partial charge in [-0.2, -0.15) is 0 Å². The van der Waals surface area contributed by atoms with E-state index in [1.807, 2.05) is 19.0 Å². The summed E-state index contributed by atoms with van der Waals surface area (Å²) >= 11 is 10.5. The van der Waals surface area contributed by atoms with Crippen LogP contribution in [0.25, 0.3) is 0 Å². The molecular weight excluding hydrogens is 260 g/mol. The van der Waals surface area contributed by atoms with E-state index in [2.05, 4.69) is 26.1 Å². The Bertz CT molecular complexity index is 468. The van der Waals surface area contributed by atoms with Crippen LogP contribution in [0.2, 0.25) is 0 Å². The maximum absolute atomic E-state index is 5.28. The molecule has 0 aliphatic rings. The summed E-state index contributed by atoms with van der Waals surface area (Å²) in [5.74, 6) is 0. The van der Waals surface area contributed by atoms with Gasteiger partial charge in [-0.25, -0.2) is 0 Å². The molecule has 0 bridgehead atoms. The summed E-state index contributed by atoms with van der Waals surface area (Å²) in [6, 6.07) is 0. The standard InChI is InChI=1S/C14H24N2S2/c1-6-14(2,3)8-7-9-15-10-11(16(4)5)13(18)12(10)17/h15H,6-9H2,1-5H3. The fourth-order valence-electron chi connectivity index (χ4n) is 1.93. The maximum Gasteiger partial charge on any atom is 0.0834 e. The third-order valence-electron chi connectivity index (χ3n) is 3.62. The zero-order valence-corrected chi connectivity index (χ0v) is 13.7. The predicted molar refractivity (Wildman–Crippen MR) is 86.6 cm³/mol. The normalized spacial score (nSPS) is 11.8. The van der Waals surface area contributed by atoms with E-state index in [0.29, 0.717) is 5.41 Å². The molecule has 1 rings (SSSR count). The molecule has 0 fully saturated rings. The van der Waals surface area contributed by atoms with E-state index >= 15 is 0 Å². The molecule has 0 aliphatic carbocycles. The van der Waals surface area contributed by atoms with Gasteiger partial charge in [0.2, 0.25) is 0 Å². The Labute approximate surface area is 121 Å². The molecule has 0 saturated carbocycles. The molecule has 0 amide bonds. The Morgan fingerprint density at radius 3 is 2.28 bits per heavy atom. The molecule has 4 heteroatoms. The fourth-order valence-corrected chi connectivity index (χ4v) is 2.58. The highest BCUT2D eigenvalue weighted by Gasteiger charge is 2.17. The van der Waals surface area contributed by atoms with Gasteiger partial charge < -0.3 is 10.2 Å². The first kappa shape index (κ1) is 15.6. The van der Waals surface area contributed by atoms with Crippen LogP contribution in [0.4, 0.5) is 11.4 Å². The van der Waals surface area contributed by atoms with Crippen molar-refractivity contribution in [3.63, 3.8) is 0 Å². The lowest BCUT2D eigenvalue weighted by atomic mass is 9.85. The molecule has 102 valence electrons. The van der Waals surface area contributed by atoms with Crippen LogP contribution in [0.5, 0.6) is 0 Å². The number of anilines is 2. The van der Waals surface area contributed by atoms with Crippen molar-refractivity contribution < 1.29 is 0 Å². The number of nitrogens with one attached hydrogen (secondary N) is 1.